The first-order valence-corrected chi connectivity index (χ1v) is 6.46. The standard InChI is InChI=1S/C13H25N3O2/c1-12(2,3)15-10(17)9-16(5)11(18)13(4)7-6-8-14-13/h14H,6-9H2,1-5H3,(H,15,17). The molecule has 1 saturated heterocycles. The maximum absolute atomic E-state index is 12.3. The summed E-state index contributed by atoms with van der Waals surface area (Å²) in [5.41, 5.74) is -0.771. The van der Waals surface area contributed by atoms with Crippen LogP contribution in [0, 0.1) is 0 Å². The molecule has 1 atom stereocenters. The number of nitrogens with zero attached hydrogens (tertiary/aromatic N) is 1. The van der Waals surface area contributed by atoms with Gasteiger partial charge >= 0.3 is 0 Å². The van der Waals surface area contributed by atoms with Gasteiger partial charge in [-0.1, -0.05) is 0 Å². The van der Waals surface area contributed by atoms with Crippen molar-refractivity contribution in [3.05, 3.63) is 0 Å². The Kier molecular flexibility index (Phi) is 4.37. The van der Waals surface area contributed by atoms with E-state index in [4.69, 9.17) is 0 Å². The summed E-state index contributed by atoms with van der Waals surface area (Å²) in [7, 11) is 1.68. The van der Waals surface area contributed by atoms with Gasteiger partial charge in [0.1, 0.15) is 0 Å². The van der Waals surface area contributed by atoms with Gasteiger partial charge in [0, 0.05) is 12.6 Å². The van der Waals surface area contributed by atoms with Gasteiger partial charge in [-0.05, 0) is 47.1 Å². The van der Waals surface area contributed by atoms with Crippen molar-refractivity contribution >= 4 is 11.8 Å². The van der Waals surface area contributed by atoms with E-state index in [1.54, 1.807) is 7.05 Å². The van der Waals surface area contributed by atoms with Crippen LogP contribution < -0.4 is 10.6 Å². The van der Waals surface area contributed by atoms with Crippen LogP contribution in [0.4, 0.5) is 0 Å². The number of hydrogen-bond donors (Lipinski definition) is 2. The van der Waals surface area contributed by atoms with Crippen LogP contribution in [-0.4, -0.2) is 47.9 Å². The highest BCUT2D eigenvalue weighted by Gasteiger charge is 2.38. The summed E-state index contributed by atoms with van der Waals surface area (Å²) in [6.07, 6.45) is 1.83. The Bertz CT molecular complexity index is 328. The number of amides is 2. The SMILES string of the molecule is CN(CC(=O)NC(C)(C)C)C(=O)C1(C)CCCN1. The summed E-state index contributed by atoms with van der Waals surface area (Å²) in [5.74, 6) is -0.135. The lowest BCUT2D eigenvalue weighted by Gasteiger charge is -2.30. The largest absolute Gasteiger partial charge is 0.350 e. The molecule has 5 nitrogen and oxygen atoms in total. The molecule has 1 rings (SSSR count). The number of carbonyl (C=O) groups excluding carboxylic acids is 2. The van der Waals surface area contributed by atoms with Crippen LogP contribution in [0.25, 0.3) is 0 Å². The number of hydrogen-bond acceptors (Lipinski definition) is 3. The van der Waals surface area contributed by atoms with Crippen LogP contribution >= 0.6 is 0 Å². The summed E-state index contributed by atoms with van der Waals surface area (Å²) in [6.45, 7) is 8.64. The second kappa shape index (κ2) is 5.26. The average molecular weight is 255 g/mol. The van der Waals surface area contributed by atoms with E-state index in [1.165, 1.54) is 4.90 Å². The first-order chi connectivity index (χ1) is 8.14. The van der Waals surface area contributed by atoms with Crippen LogP contribution in [0.15, 0.2) is 0 Å². The third-order valence-corrected chi connectivity index (χ3v) is 3.08. The summed E-state index contributed by atoms with van der Waals surface area (Å²) < 4.78 is 0. The van der Waals surface area contributed by atoms with Gasteiger partial charge in [-0.2, -0.15) is 0 Å². The minimum Gasteiger partial charge on any atom is -0.350 e. The van der Waals surface area contributed by atoms with Crippen LogP contribution in [0.5, 0.6) is 0 Å². The number of likely N-dealkylation sites (N-methyl/N-ethyl adjacent to an activating group) is 1. The van der Waals surface area contributed by atoms with Crippen LogP contribution in [0.3, 0.4) is 0 Å². The van der Waals surface area contributed by atoms with Gasteiger partial charge in [0.05, 0.1) is 12.1 Å². The molecule has 0 bridgehead atoms. The number of rotatable bonds is 3. The molecular formula is C13H25N3O2. The van der Waals surface area contributed by atoms with Crippen molar-refractivity contribution < 1.29 is 9.59 Å². The average Bonchev–Trinajstić information content (AvgIpc) is 2.62. The molecule has 0 aromatic rings. The van der Waals surface area contributed by atoms with Crippen molar-refractivity contribution in [2.45, 2.75) is 51.6 Å². The van der Waals surface area contributed by atoms with Crippen molar-refractivity contribution in [2.75, 3.05) is 20.1 Å². The zero-order valence-corrected chi connectivity index (χ0v) is 12.1. The molecule has 0 spiro atoms. The molecule has 1 fully saturated rings. The Morgan fingerprint density at radius 3 is 2.44 bits per heavy atom. The van der Waals surface area contributed by atoms with Gasteiger partial charge in [-0.15, -0.1) is 0 Å². The highest BCUT2D eigenvalue weighted by Crippen LogP contribution is 2.20. The molecule has 2 N–H and O–H groups in total. The van der Waals surface area contributed by atoms with E-state index in [0.717, 1.165) is 19.4 Å². The highest BCUT2D eigenvalue weighted by atomic mass is 16.2. The zero-order valence-electron chi connectivity index (χ0n) is 12.1. The molecule has 1 heterocycles. The Labute approximate surface area is 109 Å². The van der Waals surface area contributed by atoms with Crippen molar-refractivity contribution in [1.82, 2.24) is 15.5 Å². The van der Waals surface area contributed by atoms with Gasteiger partial charge in [0.25, 0.3) is 0 Å². The third kappa shape index (κ3) is 3.98. The quantitative estimate of drug-likeness (QED) is 0.772. The molecular weight excluding hydrogens is 230 g/mol. The van der Waals surface area contributed by atoms with E-state index in [1.807, 2.05) is 27.7 Å². The summed E-state index contributed by atoms with van der Waals surface area (Å²) in [5, 5.41) is 6.07. The second-order valence-corrected chi connectivity index (χ2v) is 6.32. The van der Waals surface area contributed by atoms with Crippen molar-refractivity contribution in [1.29, 1.82) is 0 Å². The fraction of sp³-hybridized carbons (Fsp3) is 0.846. The van der Waals surface area contributed by atoms with E-state index in [2.05, 4.69) is 10.6 Å². The minimum absolute atomic E-state index is 0.0101. The monoisotopic (exact) mass is 255 g/mol. The Hall–Kier alpha value is -1.10. The molecule has 5 heteroatoms. The lowest BCUT2D eigenvalue weighted by Crippen LogP contribution is -2.54. The maximum atomic E-state index is 12.3. The Morgan fingerprint density at radius 1 is 1.39 bits per heavy atom. The van der Waals surface area contributed by atoms with Gasteiger partial charge in [0.2, 0.25) is 11.8 Å². The zero-order chi connectivity index (χ0) is 14.0. The predicted octanol–water partition coefficient (Wildman–Crippen LogP) is 0.502. The first kappa shape index (κ1) is 15.0. The van der Waals surface area contributed by atoms with E-state index in [0.29, 0.717) is 0 Å². The van der Waals surface area contributed by atoms with Crippen LogP contribution in [0.2, 0.25) is 0 Å². The summed E-state index contributed by atoms with van der Waals surface area (Å²) in [6, 6.07) is 0. The molecule has 2 amide bonds. The minimum atomic E-state index is -0.503. The topological polar surface area (TPSA) is 61.4 Å². The fourth-order valence-corrected chi connectivity index (χ4v) is 2.24. The van der Waals surface area contributed by atoms with Crippen LogP contribution in [-0.2, 0) is 9.59 Å². The van der Waals surface area contributed by atoms with Gasteiger partial charge in [0.15, 0.2) is 0 Å². The van der Waals surface area contributed by atoms with E-state index in [9.17, 15) is 9.59 Å². The Morgan fingerprint density at radius 2 is 2.00 bits per heavy atom. The molecule has 104 valence electrons. The molecule has 1 aliphatic heterocycles. The van der Waals surface area contributed by atoms with Crippen molar-refractivity contribution in [3.63, 3.8) is 0 Å². The molecule has 0 aromatic carbocycles. The summed E-state index contributed by atoms with van der Waals surface area (Å²) in [4.78, 5) is 25.5. The normalized spacial score (nSPS) is 23.8. The maximum Gasteiger partial charge on any atom is 0.242 e. The van der Waals surface area contributed by atoms with Gasteiger partial charge in [-0.25, -0.2) is 0 Å². The third-order valence-electron chi connectivity index (χ3n) is 3.08. The predicted molar refractivity (Wildman–Crippen MR) is 71.2 cm³/mol. The fourth-order valence-electron chi connectivity index (χ4n) is 2.24. The second-order valence-electron chi connectivity index (χ2n) is 6.32. The van der Waals surface area contributed by atoms with Gasteiger partial charge < -0.3 is 15.5 Å². The molecule has 0 saturated carbocycles. The molecule has 1 aliphatic rings. The number of carbonyl (C=O) groups is 2. The lowest BCUT2D eigenvalue weighted by molar-refractivity contribution is -0.139. The number of nitrogens with one attached hydrogen (secondary N) is 2. The molecule has 0 radical (unpaired) electrons. The van der Waals surface area contributed by atoms with Crippen molar-refractivity contribution in [2.24, 2.45) is 0 Å². The molecule has 0 aliphatic carbocycles. The highest BCUT2D eigenvalue weighted by molar-refractivity contribution is 5.90. The van der Waals surface area contributed by atoms with E-state index in [-0.39, 0.29) is 23.9 Å². The van der Waals surface area contributed by atoms with E-state index < -0.39 is 5.54 Å². The molecule has 18 heavy (non-hydrogen) atoms. The summed E-state index contributed by atoms with van der Waals surface area (Å²) >= 11 is 0. The Balaban J connectivity index is 2.52. The first-order valence-electron chi connectivity index (χ1n) is 6.46. The van der Waals surface area contributed by atoms with Crippen LogP contribution in [0.1, 0.15) is 40.5 Å². The van der Waals surface area contributed by atoms with E-state index >= 15 is 0 Å². The van der Waals surface area contributed by atoms with Crippen molar-refractivity contribution in [3.8, 4) is 0 Å². The molecule has 1 unspecified atom stereocenters. The molecule has 0 aromatic heterocycles. The van der Waals surface area contributed by atoms with Gasteiger partial charge in [-0.3, -0.25) is 9.59 Å². The lowest BCUT2D eigenvalue weighted by atomic mass is 9.98. The smallest absolute Gasteiger partial charge is 0.242 e.